The number of ether oxygens (including phenoxy) is 1. The summed E-state index contributed by atoms with van der Waals surface area (Å²) in [5.74, 6) is 3.91. The molecule has 1 N–H and O–H groups in total. The molecule has 2 heterocycles. The number of thioether (sulfide) groups is 1. The van der Waals surface area contributed by atoms with Crippen LogP contribution in [0, 0.1) is 5.92 Å². The lowest BCUT2D eigenvalue weighted by Gasteiger charge is -2.38. The highest BCUT2D eigenvalue weighted by Gasteiger charge is 2.39. The highest BCUT2D eigenvalue weighted by molar-refractivity contribution is 8.00. The van der Waals surface area contributed by atoms with E-state index in [0.717, 1.165) is 45.0 Å². The maximum atomic E-state index is 6.51. The number of fused-ring (bicyclic) bond motifs is 3. The summed E-state index contributed by atoms with van der Waals surface area (Å²) in [5, 5.41) is 5.20. The third-order valence-corrected chi connectivity index (χ3v) is 7.42. The van der Waals surface area contributed by atoms with Crippen molar-refractivity contribution in [3.8, 4) is 5.75 Å². The van der Waals surface area contributed by atoms with E-state index < -0.39 is 0 Å². The number of hydrogen-bond donors (Lipinski definition) is 1. The molecule has 134 valence electrons. The molecule has 0 amide bonds. The van der Waals surface area contributed by atoms with E-state index in [0.29, 0.717) is 17.9 Å². The number of rotatable bonds is 3. The Hall–Kier alpha value is -1.29. The number of nitrogens with one attached hydrogen (secondary N) is 1. The average molecular weight is 404 g/mol. The summed E-state index contributed by atoms with van der Waals surface area (Å²) in [5.41, 5.74) is 3.38. The summed E-state index contributed by atoms with van der Waals surface area (Å²) in [6.45, 7) is 0. The SMILES string of the molecule is Clc1ccc(Cl)c2c1N[C@H](c1ccc(OC3CSC3)cc1)[C@@H]1CC=C[C@@H]21. The van der Waals surface area contributed by atoms with Gasteiger partial charge in [0, 0.05) is 28.0 Å². The Labute approximate surface area is 167 Å². The second kappa shape index (κ2) is 6.70. The van der Waals surface area contributed by atoms with Crippen LogP contribution in [0.2, 0.25) is 10.0 Å². The van der Waals surface area contributed by atoms with Crippen LogP contribution in [0.5, 0.6) is 5.75 Å². The van der Waals surface area contributed by atoms with E-state index >= 15 is 0 Å². The van der Waals surface area contributed by atoms with Crippen molar-refractivity contribution in [3.05, 3.63) is 69.7 Å². The zero-order chi connectivity index (χ0) is 17.7. The van der Waals surface area contributed by atoms with Gasteiger partial charge in [-0.05, 0) is 42.2 Å². The largest absolute Gasteiger partial charge is 0.489 e. The fourth-order valence-corrected chi connectivity index (χ4v) is 5.25. The van der Waals surface area contributed by atoms with E-state index in [4.69, 9.17) is 27.9 Å². The molecule has 2 aromatic rings. The van der Waals surface area contributed by atoms with Crippen LogP contribution >= 0.6 is 35.0 Å². The third kappa shape index (κ3) is 2.81. The lowest BCUT2D eigenvalue weighted by Crippen LogP contribution is -2.31. The maximum Gasteiger partial charge on any atom is 0.119 e. The van der Waals surface area contributed by atoms with Gasteiger partial charge < -0.3 is 10.1 Å². The Kier molecular flexibility index (Phi) is 4.35. The van der Waals surface area contributed by atoms with E-state index in [2.05, 4.69) is 41.7 Å². The predicted octanol–water partition coefficient (Wildman–Crippen LogP) is 6.31. The van der Waals surface area contributed by atoms with Gasteiger partial charge in [-0.3, -0.25) is 0 Å². The molecule has 2 nitrogen and oxygen atoms in total. The maximum absolute atomic E-state index is 6.51. The number of allylic oxidation sites excluding steroid dienone is 2. The van der Waals surface area contributed by atoms with Gasteiger partial charge in [0.25, 0.3) is 0 Å². The van der Waals surface area contributed by atoms with Crippen molar-refractivity contribution >= 4 is 40.7 Å². The molecule has 1 aliphatic carbocycles. The number of hydrogen-bond acceptors (Lipinski definition) is 3. The monoisotopic (exact) mass is 403 g/mol. The minimum atomic E-state index is 0.215. The molecule has 0 saturated carbocycles. The lowest BCUT2D eigenvalue weighted by molar-refractivity contribution is 0.240. The number of benzene rings is 2. The summed E-state index contributed by atoms with van der Waals surface area (Å²) in [6.07, 6.45) is 5.96. The summed E-state index contributed by atoms with van der Waals surface area (Å²) in [4.78, 5) is 0. The van der Waals surface area contributed by atoms with Gasteiger partial charge in [0.1, 0.15) is 11.9 Å². The highest BCUT2D eigenvalue weighted by Crippen LogP contribution is 2.53. The van der Waals surface area contributed by atoms with Gasteiger partial charge in [0.15, 0.2) is 0 Å². The van der Waals surface area contributed by atoms with Gasteiger partial charge in [-0.1, -0.05) is 47.5 Å². The van der Waals surface area contributed by atoms with Crippen molar-refractivity contribution in [1.82, 2.24) is 0 Å². The van der Waals surface area contributed by atoms with E-state index in [9.17, 15) is 0 Å². The molecule has 2 aliphatic heterocycles. The Morgan fingerprint density at radius 1 is 1.00 bits per heavy atom. The predicted molar refractivity (Wildman–Crippen MR) is 111 cm³/mol. The normalized spacial score (nSPS) is 26.6. The average Bonchev–Trinajstić information content (AvgIpc) is 3.10. The number of halogens is 2. The molecule has 0 radical (unpaired) electrons. The van der Waals surface area contributed by atoms with Crippen LogP contribution in [0.4, 0.5) is 5.69 Å². The molecule has 2 aromatic carbocycles. The summed E-state index contributed by atoms with van der Waals surface area (Å²) < 4.78 is 5.98. The Balaban J connectivity index is 1.46. The molecular weight excluding hydrogens is 385 g/mol. The molecule has 3 atom stereocenters. The van der Waals surface area contributed by atoms with Gasteiger partial charge in [0.05, 0.1) is 16.8 Å². The van der Waals surface area contributed by atoms with Crippen molar-refractivity contribution < 1.29 is 4.74 Å². The van der Waals surface area contributed by atoms with Crippen molar-refractivity contribution in [2.75, 3.05) is 16.8 Å². The van der Waals surface area contributed by atoms with E-state index in [1.807, 2.05) is 23.9 Å². The molecule has 0 spiro atoms. The zero-order valence-electron chi connectivity index (χ0n) is 14.1. The Morgan fingerprint density at radius 2 is 1.77 bits per heavy atom. The van der Waals surface area contributed by atoms with Crippen LogP contribution in [0.1, 0.15) is 29.5 Å². The molecule has 3 aliphatic rings. The lowest BCUT2D eigenvalue weighted by atomic mass is 9.77. The van der Waals surface area contributed by atoms with Crippen LogP contribution in [0.3, 0.4) is 0 Å². The standard InChI is InChI=1S/C21H19Cl2NOS/c22-17-8-9-18(23)21-19(17)15-2-1-3-16(15)20(24-21)12-4-6-13(7-5-12)25-14-10-26-11-14/h1-2,4-9,14-16,20,24H,3,10-11H2/t15-,16-,20-/m1/s1. The van der Waals surface area contributed by atoms with Crippen molar-refractivity contribution in [2.24, 2.45) is 5.92 Å². The third-order valence-electron chi connectivity index (χ3n) is 5.57. The van der Waals surface area contributed by atoms with Crippen molar-refractivity contribution in [3.63, 3.8) is 0 Å². The van der Waals surface area contributed by atoms with Gasteiger partial charge >= 0.3 is 0 Å². The summed E-state index contributed by atoms with van der Waals surface area (Å²) in [7, 11) is 0. The first kappa shape index (κ1) is 16.9. The van der Waals surface area contributed by atoms with Crippen molar-refractivity contribution in [1.29, 1.82) is 0 Å². The van der Waals surface area contributed by atoms with E-state index in [-0.39, 0.29) is 6.04 Å². The van der Waals surface area contributed by atoms with Crippen LogP contribution in [0.15, 0.2) is 48.6 Å². The molecule has 0 aromatic heterocycles. The van der Waals surface area contributed by atoms with Gasteiger partial charge in [-0.2, -0.15) is 11.8 Å². The van der Waals surface area contributed by atoms with Gasteiger partial charge in [-0.15, -0.1) is 0 Å². The Morgan fingerprint density at radius 3 is 2.50 bits per heavy atom. The molecular formula is C21H19Cl2NOS. The molecule has 1 saturated heterocycles. The first-order valence-corrected chi connectivity index (χ1v) is 10.9. The second-order valence-corrected chi connectivity index (χ2v) is 9.03. The molecule has 5 rings (SSSR count). The molecule has 5 heteroatoms. The smallest absolute Gasteiger partial charge is 0.119 e. The highest BCUT2D eigenvalue weighted by atomic mass is 35.5. The zero-order valence-corrected chi connectivity index (χ0v) is 16.5. The molecule has 26 heavy (non-hydrogen) atoms. The topological polar surface area (TPSA) is 21.3 Å². The summed E-state index contributed by atoms with van der Waals surface area (Å²) >= 11 is 14.9. The minimum Gasteiger partial charge on any atom is -0.489 e. The van der Waals surface area contributed by atoms with E-state index in [1.165, 1.54) is 5.56 Å². The molecule has 1 fully saturated rings. The fourth-order valence-electron chi connectivity index (χ4n) is 4.19. The first-order valence-electron chi connectivity index (χ1n) is 8.96. The van der Waals surface area contributed by atoms with Crippen LogP contribution in [0.25, 0.3) is 0 Å². The number of anilines is 1. The van der Waals surface area contributed by atoms with Gasteiger partial charge in [0.2, 0.25) is 0 Å². The van der Waals surface area contributed by atoms with Gasteiger partial charge in [-0.25, -0.2) is 0 Å². The summed E-state index contributed by atoms with van der Waals surface area (Å²) in [6, 6.07) is 12.5. The first-order chi connectivity index (χ1) is 12.7. The molecule has 0 bridgehead atoms. The minimum absolute atomic E-state index is 0.215. The fraction of sp³-hybridized carbons (Fsp3) is 0.333. The van der Waals surface area contributed by atoms with Crippen LogP contribution in [-0.2, 0) is 0 Å². The van der Waals surface area contributed by atoms with E-state index in [1.54, 1.807) is 0 Å². The quantitative estimate of drug-likeness (QED) is 0.606. The Bertz CT molecular complexity index is 863. The van der Waals surface area contributed by atoms with Crippen molar-refractivity contribution in [2.45, 2.75) is 24.5 Å². The van der Waals surface area contributed by atoms with Crippen LogP contribution < -0.4 is 10.1 Å². The second-order valence-electron chi connectivity index (χ2n) is 7.14. The van der Waals surface area contributed by atoms with Crippen LogP contribution in [-0.4, -0.2) is 17.6 Å². The molecule has 0 unspecified atom stereocenters.